The van der Waals surface area contributed by atoms with Crippen LogP contribution in [0.3, 0.4) is 0 Å². The van der Waals surface area contributed by atoms with Gasteiger partial charge in [-0.05, 0) is 18.1 Å². The lowest BCUT2D eigenvalue weighted by atomic mass is 10.1. The highest BCUT2D eigenvalue weighted by Crippen LogP contribution is 2.24. The minimum absolute atomic E-state index is 0.0832. The first-order chi connectivity index (χ1) is 7.62. The molecule has 0 saturated carbocycles. The number of alkyl halides is 3. The maximum atomic E-state index is 12.3. The molecule has 2 N–H and O–H groups in total. The van der Waals surface area contributed by atoms with Crippen molar-refractivity contribution >= 4 is 9.84 Å². The van der Waals surface area contributed by atoms with Gasteiger partial charge in [-0.15, -0.1) is 0 Å². The molecular formula is C10H12F3NO2S. The molecule has 0 radical (unpaired) electrons. The van der Waals surface area contributed by atoms with Gasteiger partial charge in [0.05, 0.1) is 4.90 Å². The van der Waals surface area contributed by atoms with Crippen LogP contribution in [0.2, 0.25) is 0 Å². The summed E-state index contributed by atoms with van der Waals surface area (Å²) in [6.45, 7) is 0. The van der Waals surface area contributed by atoms with Crippen LogP contribution in [-0.2, 0) is 16.3 Å². The fraction of sp³-hybridized carbons (Fsp3) is 0.400. The summed E-state index contributed by atoms with van der Waals surface area (Å²) >= 11 is 0. The molecule has 1 aromatic rings. The van der Waals surface area contributed by atoms with E-state index in [2.05, 4.69) is 0 Å². The Morgan fingerprint density at radius 1 is 1.29 bits per heavy atom. The van der Waals surface area contributed by atoms with Crippen molar-refractivity contribution in [3.05, 3.63) is 29.8 Å². The predicted octanol–water partition coefficient (Wildman–Crippen LogP) is 1.52. The van der Waals surface area contributed by atoms with Gasteiger partial charge in [0.25, 0.3) is 0 Å². The Hall–Kier alpha value is -1.08. The van der Waals surface area contributed by atoms with E-state index < -0.39 is 28.5 Å². The van der Waals surface area contributed by atoms with E-state index in [0.29, 0.717) is 0 Å². The number of nitrogens with two attached hydrogens (primary N) is 1. The topological polar surface area (TPSA) is 60.2 Å². The molecule has 0 aliphatic carbocycles. The summed E-state index contributed by atoms with van der Waals surface area (Å²) in [6.07, 6.45) is -4.14. The van der Waals surface area contributed by atoms with Crippen LogP contribution < -0.4 is 5.73 Å². The molecular weight excluding hydrogens is 255 g/mol. The number of benzene rings is 1. The Morgan fingerprint density at radius 2 is 1.82 bits per heavy atom. The monoisotopic (exact) mass is 267 g/mol. The van der Waals surface area contributed by atoms with Gasteiger partial charge in [0.15, 0.2) is 9.84 Å². The van der Waals surface area contributed by atoms with E-state index in [1.54, 1.807) is 0 Å². The first-order valence-electron chi connectivity index (χ1n) is 4.72. The van der Waals surface area contributed by atoms with Crippen molar-refractivity contribution in [3.8, 4) is 0 Å². The molecule has 1 unspecified atom stereocenters. The fourth-order valence-electron chi connectivity index (χ4n) is 1.39. The third-order valence-electron chi connectivity index (χ3n) is 2.23. The van der Waals surface area contributed by atoms with Gasteiger partial charge in [-0.25, -0.2) is 8.42 Å². The second kappa shape index (κ2) is 4.66. The van der Waals surface area contributed by atoms with Crippen molar-refractivity contribution in [1.29, 1.82) is 0 Å². The second-order valence-electron chi connectivity index (χ2n) is 3.73. The highest BCUT2D eigenvalue weighted by atomic mass is 32.2. The van der Waals surface area contributed by atoms with Crippen LogP contribution in [0.1, 0.15) is 5.56 Å². The summed E-state index contributed by atoms with van der Waals surface area (Å²) < 4.78 is 59.6. The van der Waals surface area contributed by atoms with Crippen LogP contribution >= 0.6 is 0 Å². The summed E-state index contributed by atoms with van der Waals surface area (Å²) in [7, 11) is -3.55. The van der Waals surface area contributed by atoms with Gasteiger partial charge in [-0.2, -0.15) is 13.2 Å². The van der Waals surface area contributed by atoms with Crippen LogP contribution in [0, 0.1) is 0 Å². The minimum Gasteiger partial charge on any atom is -0.320 e. The summed E-state index contributed by atoms with van der Waals surface area (Å²) in [5.74, 6) is 0. The largest absolute Gasteiger partial charge is 0.403 e. The van der Waals surface area contributed by atoms with Crippen LogP contribution in [0.5, 0.6) is 0 Å². The third-order valence-corrected chi connectivity index (χ3v) is 3.43. The van der Waals surface area contributed by atoms with E-state index in [4.69, 9.17) is 5.73 Å². The molecule has 0 aliphatic heterocycles. The van der Waals surface area contributed by atoms with Crippen molar-refractivity contribution < 1.29 is 21.6 Å². The second-order valence-corrected chi connectivity index (χ2v) is 5.72. The van der Waals surface area contributed by atoms with Crippen LogP contribution in [0.15, 0.2) is 29.2 Å². The van der Waals surface area contributed by atoms with Gasteiger partial charge in [-0.1, -0.05) is 18.2 Å². The molecule has 1 atom stereocenters. The zero-order chi connectivity index (χ0) is 13.3. The van der Waals surface area contributed by atoms with Crippen LogP contribution in [0.25, 0.3) is 0 Å². The number of hydrogen-bond donors (Lipinski definition) is 1. The zero-order valence-electron chi connectivity index (χ0n) is 9.03. The van der Waals surface area contributed by atoms with E-state index in [1.165, 1.54) is 24.3 Å². The molecule has 0 fully saturated rings. The molecule has 0 saturated heterocycles. The SMILES string of the molecule is CS(=O)(=O)c1ccccc1CC(N)C(F)(F)F. The molecule has 7 heteroatoms. The van der Waals surface area contributed by atoms with Crippen LogP contribution in [0.4, 0.5) is 13.2 Å². The van der Waals surface area contributed by atoms with E-state index >= 15 is 0 Å². The zero-order valence-corrected chi connectivity index (χ0v) is 9.85. The average Bonchev–Trinajstić information content (AvgIpc) is 2.15. The minimum atomic E-state index is -4.54. The van der Waals surface area contributed by atoms with Crippen molar-refractivity contribution in [2.24, 2.45) is 5.73 Å². The van der Waals surface area contributed by atoms with Gasteiger partial charge >= 0.3 is 6.18 Å². The molecule has 96 valence electrons. The lowest BCUT2D eigenvalue weighted by Crippen LogP contribution is -2.39. The van der Waals surface area contributed by atoms with E-state index in [9.17, 15) is 21.6 Å². The Kier molecular flexibility index (Phi) is 3.83. The highest BCUT2D eigenvalue weighted by molar-refractivity contribution is 7.90. The first-order valence-corrected chi connectivity index (χ1v) is 6.62. The van der Waals surface area contributed by atoms with E-state index in [1.807, 2.05) is 0 Å². The first kappa shape index (κ1) is 14.0. The number of halogens is 3. The summed E-state index contributed by atoms with van der Waals surface area (Å²) in [5, 5.41) is 0. The fourth-order valence-corrected chi connectivity index (χ4v) is 2.34. The molecule has 0 bridgehead atoms. The average molecular weight is 267 g/mol. The van der Waals surface area contributed by atoms with Gasteiger partial charge in [0, 0.05) is 6.26 Å². The normalized spacial score (nSPS) is 14.6. The lowest BCUT2D eigenvalue weighted by Gasteiger charge is -2.16. The highest BCUT2D eigenvalue weighted by Gasteiger charge is 2.37. The Morgan fingerprint density at radius 3 is 2.29 bits per heavy atom. The molecule has 0 amide bonds. The predicted molar refractivity (Wildman–Crippen MR) is 57.3 cm³/mol. The quantitative estimate of drug-likeness (QED) is 0.903. The standard InChI is InChI=1S/C10H12F3NO2S/c1-17(15,16)8-5-3-2-4-7(8)6-9(14)10(11,12)13/h2-5,9H,6,14H2,1H3. The van der Waals surface area contributed by atoms with Crippen LogP contribution in [-0.4, -0.2) is 26.9 Å². The van der Waals surface area contributed by atoms with Crippen molar-refractivity contribution in [1.82, 2.24) is 0 Å². The lowest BCUT2D eigenvalue weighted by molar-refractivity contribution is -0.147. The number of hydrogen-bond acceptors (Lipinski definition) is 3. The molecule has 0 heterocycles. The molecule has 1 aromatic carbocycles. The van der Waals surface area contributed by atoms with Gasteiger partial charge in [-0.3, -0.25) is 0 Å². The summed E-state index contributed by atoms with van der Waals surface area (Å²) in [5.41, 5.74) is 5.06. The van der Waals surface area contributed by atoms with Crippen molar-refractivity contribution in [3.63, 3.8) is 0 Å². The maximum Gasteiger partial charge on any atom is 0.403 e. The molecule has 0 aromatic heterocycles. The Bertz CT molecular complexity index is 497. The Labute approximate surface area is 97.4 Å². The molecule has 0 aliphatic rings. The molecule has 3 nitrogen and oxygen atoms in total. The number of rotatable bonds is 3. The van der Waals surface area contributed by atoms with Gasteiger partial charge < -0.3 is 5.73 Å². The number of sulfone groups is 1. The van der Waals surface area contributed by atoms with Gasteiger partial charge in [0.1, 0.15) is 6.04 Å². The summed E-state index contributed by atoms with van der Waals surface area (Å²) in [6, 6.07) is 3.48. The van der Waals surface area contributed by atoms with Crippen molar-refractivity contribution in [2.75, 3.05) is 6.26 Å². The molecule has 0 spiro atoms. The summed E-state index contributed by atoms with van der Waals surface area (Å²) in [4.78, 5) is -0.111. The molecule has 17 heavy (non-hydrogen) atoms. The van der Waals surface area contributed by atoms with E-state index in [0.717, 1.165) is 6.26 Å². The molecule has 1 rings (SSSR count). The maximum absolute atomic E-state index is 12.3. The van der Waals surface area contributed by atoms with Gasteiger partial charge in [0.2, 0.25) is 0 Å². The van der Waals surface area contributed by atoms with Crippen molar-refractivity contribution in [2.45, 2.75) is 23.5 Å². The third kappa shape index (κ3) is 3.71. The smallest absolute Gasteiger partial charge is 0.320 e. The van der Waals surface area contributed by atoms with E-state index in [-0.39, 0.29) is 10.5 Å². The Balaban J connectivity index is 3.09.